The molecule has 0 radical (unpaired) electrons. The van der Waals surface area contributed by atoms with Gasteiger partial charge in [0.25, 0.3) is 17.4 Å². The fraction of sp³-hybridized carbons (Fsp3) is 0.0714. The Kier molecular flexibility index (Phi) is 3.75. The molecule has 0 aliphatic carbocycles. The van der Waals surface area contributed by atoms with Gasteiger partial charge in [0.2, 0.25) is 0 Å². The molecule has 7 nitrogen and oxygen atoms in total. The van der Waals surface area contributed by atoms with E-state index < -0.39 is 46.2 Å². The second-order valence-corrected chi connectivity index (χ2v) is 6.11. The van der Waals surface area contributed by atoms with E-state index >= 15 is 0 Å². The van der Waals surface area contributed by atoms with E-state index in [-0.39, 0.29) is 21.7 Å². The van der Waals surface area contributed by atoms with Crippen molar-refractivity contribution in [3.05, 3.63) is 45.7 Å². The number of nitrogen functional groups attached to an aromatic ring is 1. The molecule has 4 N–H and O–H groups in total. The number of anilines is 1. The lowest BCUT2D eigenvalue weighted by Gasteiger charge is -2.14. The van der Waals surface area contributed by atoms with Gasteiger partial charge in [-0.1, -0.05) is 0 Å². The van der Waals surface area contributed by atoms with Crippen LogP contribution in [0, 0.1) is 0 Å². The van der Waals surface area contributed by atoms with Crippen molar-refractivity contribution in [3.8, 4) is 11.4 Å². The summed E-state index contributed by atoms with van der Waals surface area (Å²) in [5.41, 5.74) is -0.535. The number of carbonyl (C=O) groups excluding carboxylic acids is 2. The molecule has 0 unspecified atom stereocenters. The lowest BCUT2D eigenvalue weighted by Crippen LogP contribution is -2.24. The van der Waals surface area contributed by atoms with Gasteiger partial charge in [0, 0.05) is 11.0 Å². The number of aromatic nitrogens is 1. The SMILES string of the molecule is Nc1c2c(cc(=O)n1-c1cc(SC(F)(F)F)ccc1O)C(=O)NC2=O. The number of nitrogens with one attached hydrogen (secondary N) is 1. The number of benzene rings is 1. The van der Waals surface area contributed by atoms with Crippen molar-refractivity contribution in [2.75, 3.05) is 5.73 Å². The number of rotatable bonds is 2. The van der Waals surface area contributed by atoms with E-state index in [4.69, 9.17) is 5.73 Å². The molecule has 0 atom stereocenters. The summed E-state index contributed by atoms with van der Waals surface area (Å²) in [5.74, 6) is -2.63. The highest BCUT2D eigenvalue weighted by molar-refractivity contribution is 8.00. The Balaban J connectivity index is 2.23. The van der Waals surface area contributed by atoms with E-state index in [2.05, 4.69) is 0 Å². The van der Waals surface area contributed by atoms with Crippen LogP contribution in [0.5, 0.6) is 5.75 Å². The van der Waals surface area contributed by atoms with Gasteiger partial charge in [-0.25, -0.2) is 0 Å². The summed E-state index contributed by atoms with van der Waals surface area (Å²) in [6, 6.07) is 3.72. The van der Waals surface area contributed by atoms with E-state index in [0.29, 0.717) is 4.57 Å². The zero-order valence-corrected chi connectivity index (χ0v) is 12.9. The second-order valence-electron chi connectivity index (χ2n) is 4.97. The van der Waals surface area contributed by atoms with Gasteiger partial charge in [-0.15, -0.1) is 0 Å². The van der Waals surface area contributed by atoms with Crippen LogP contribution in [0.25, 0.3) is 5.69 Å². The number of alkyl halides is 3. The highest BCUT2D eigenvalue weighted by Crippen LogP contribution is 2.39. The molecule has 2 heterocycles. The fourth-order valence-electron chi connectivity index (χ4n) is 2.41. The normalized spacial score (nSPS) is 13.7. The number of carbonyl (C=O) groups is 2. The molecule has 130 valence electrons. The van der Waals surface area contributed by atoms with Gasteiger partial charge in [-0.05, 0) is 30.0 Å². The molecule has 11 heteroatoms. The highest BCUT2D eigenvalue weighted by atomic mass is 32.2. The van der Waals surface area contributed by atoms with Crippen molar-refractivity contribution in [3.63, 3.8) is 0 Å². The van der Waals surface area contributed by atoms with Gasteiger partial charge in [0.1, 0.15) is 11.6 Å². The van der Waals surface area contributed by atoms with Crippen LogP contribution in [0.15, 0.2) is 34.0 Å². The molecule has 1 aromatic carbocycles. The minimum atomic E-state index is -4.57. The molecule has 0 spiro atoms. The maximum Gasteiger partial charge on any atom is 0.446 e. The first kappa shape index (κ1) is 16.9. The Morgan fingerprint density at radius 3 is 2.44 bits per heavy atom. The van der Waals surface area contributed by atoms with Gasteiger partial charge in [0.15, 0.2) is 0 Å². The highest BCUT2D eigenvalue weighted by Gasteiger charge is 2.33. The zero-order chi connectivity index (χ0) is 18.5. The van der Waals surface area contributed by atoms with Crippen molar-refractivity contribution in [1.82, 2.24) is 9.88 Å². The molecule has 0 saturated carbocycles. The summed E-state index contributed by atoms with van der Waals surface area (Å²) in [5, 5.41) is 11.9. The van der Waals surface area contributed by atoms with E-state index in [9.17, 15) is 32.7 Å². The smallest absolute Gasteiger partial charge is 0.446 e. The number of aromatic hydroxyl groups is 1. The Bertz CT molecular complexity index is 985. The van der Waals surface area contributed by atoms with E-state index in [1.807, 2.05) is 5.32 Å². The average Bonchev–Trinajstić information content (AvgIpc) is 2.75. The average molecular weight is 371 g/mol. The topological polar surface area (TPSA) is 114 Å². The van der Waals surface area contributed by atoms with Crippen molar-refractivity contribution < 1.29 is 27.9 Å². The van der Waals surface area contributed by atoms with Gasteiger partial charge < -0.3 is 10.8 Å². The van der Waals surface area contributed by atoms with Gasteiger partial charge in [-0.3, -0.25) is 24.3 Å². The van der Waals surface area contributed by atoms with E-state index in [0.717, 1.165) is 24.3 Å². The Labute approximate surface area is 141 Å². The molecule has 1 aliphatic rings. The summed E-state index contributed by atoms with van der Waals surface area (Å²) in [7, 11) is 0. The quantitative estimate of drug-likeness (QED) is 0.546. The standard InChI is InChI=1S/C14H8F3N3O4S/c15-14(16,17)25-5-1-2-8(21)7(3-5)20-9(22)4-6-10(11(20)18)13(24)19-12(6)23/h1-4,21H,18H2,(H,19,23,24). The third-order valence-electron chi connectivity index (χ3n) is 3.37. The molecule has 2 amide bonds. The monoisotopic (exact) mass is 371 g/mol. The lowest BCUT2D eigenvalue weighted by molar-refractivity contribution is -0.0328. The first-order valence-electron chi connectivity index (χ1n) is 6.59. The third-order valence-corrected chi connectivity index (χ3v) is 4.10. The van der Waals surface area contributed by atoms with Crippen LogP contribution in [0.3, 0.4) is 0 Å². The number of hydrogen-bond acceptors (Lipinski definition) is 6. The maximum atomic E-state index is 12.5. The van der Waals surface area contributed by atoms with Crippen molar-refractivity contribution in [1.29, 1.82) is 0 Å². The summed E-state index contributed by atoms with van der Waals surface area (Å²) in [6.45, 7) is 0. The number of nitrogens with two attached hydrogens (primary N) is 1. The fourth-order valence-corrected chi connectivity index (χ4v) is 2.98. The van der Waals surface area contributed by atoms with Crippen molar-refractivity contribution >= 4 is 29.4 Å². The molecule has 1 aromatic heterocycles. The number of amides is 2. The Morgan fingerprint density at radius 2 is 1.80 bits per heavy atom. The zero-order valence-electron chi connectivity index (χ0n) is 12.0. The number of hydrogen-bond donors (Lipinski definition) is 3. The molecule has 3 rings (SSSR count). The lowest BCUT2D eigenvalue weighted by atomic mass is 10.1. The molecule has 1 aliphatic heterocycles. The molecule has 0 saturated heterocycles. The largest absolute Gasteiger partial charge is 0.506 e. The molecule has 0 fully saturated rings. The predicted molar refractivity (Wildman–Crippen MR) is 81.8 cm³/mol. The number of phenols is 1. The van der Waals surface area contributed by atoms with Crippen LogP contribution in [0.1, 0.15) is 20.7 Å². The van der Waals surface area contributed by atoms with Crippen LogP contribution in [0.4, 0.5) is 19.0 Å². The minimum absolute atomic E-state index is 0.232. The molecule has 2 aromatic rings. The first-order chi connectivity index (χ1) is 11.6. The maximum absolute atomic E-state index is 12.5. The Morgan fingerprint density at radius 1 is 1.12 bits per heavy atom. The Hall–Kier alpha value is -2.95. The van der Waals surface area contributed by atoms with Gasteiger partial charge >= 0.3 is 5.51 Å². The van der Waals surface area contributed by atoms with Crippen LogP contribution in [-0.2, 0) is 0 Å². The number of thioether (sulfide) groups is 1. The molecule has 0 bridgehead atoms. The number of halogens is 3. The number of imide groups is 1. The number of phenolic OH excluding ortho intramolecular Hbond substituents is 1. The first-order valence-corrected chi connectivity index (χ1v) is 7.40. The second kappa shape index (κ2) is 5.55. The van der Waals surface area contributed by atoms with Crippen LogP contribution < -0.4 is 16.6 Å². The molecular weight excluding hydrogens is 363 g/mol. The van der Waals surface area contributed by atoms with E-state index in [1.165, 1.54) is 0 Å². The van der Waals surface area contributed by atoms with Gasteiger partial charge in [-0.2, -0.15) is 13.2 Å². The third kappa shape index (κ3) is 2.93. The van der Waals surface area contributed by atoms with Crippen LogP contribution in [0.2, 0.25) is 0 Å². The number of nitrogens with zero attached hydrogens (tertiary/aromatic N) is 1. The summed E-state index contributed by atoms with van der Waals surface area (Å²) < 4.78 is 38.3. The van der Waals surface area contributed by atoms with Gasteiger partial charge in [0.05, 0.1) is 16.8 Å². The van der Waals surface area contributed by atoms with Crippen molar-refractivity contribution in [2.24, 2.45) is 0 Å². The van der Waals surface area contributed by atoms with Crippen LogP contribution >= 0.6 is 11.8 Å². The summed E-state index contributed by atoms with van der Waals surface area (Å²) in [4.78, 5) is 35.3. The number of pyridine rings is 1. The minimum Gasteiger partial charge on any atom is -0.506 e. The number of fused-ring (bicyclic) bond motifs is 1. The van der Waals surface area contributed by atoms with Crippen LogP contribution in [-0.4, -0.2) is 27.0 Å². The molecular formula is C14H8F3N3O4S. The van der Waals surface area contributed by atoms with Crippen molar-refractivity contribution in [2.45, 2.75) is 10.4 Å². The molecule has 25 heavy (non-hydrogen) atoms. The van der Waals surface area contributed by atoms with E-state index in [1.54, 1.807) is 0 Å². The summed E-state index contributed by atoms with van der Waals surface area (Å²) >= 11 is -0.444. The predicted octanol–water partition coefficient (Wildman–Crippen LogP) is 1.62. The summed E-state index contributed by atoms with van der Waals surface area (Å²) in [6.07, 6.45) is 0.